The van der Waals surface area contributed by atoms with Gasteiger partial charge in [-0.05, 0) is 58.7 Å². The lowest BCUT2D eigenvalue weighted by atomic mass is 10.1. The Morgan fingerprint density at radius 1 is 1.26 bits per heavy atom. The molecule has 1 atom stereocenters. The number of rotatable bonds is 5. The summed E-state index contributed by atoms with van der Waals surface area (Å²) in [6.45, 7) is 8.25. The number of carbonyl (C=O) groups is 3. The van der Waals surface area contributed by atoms with Crippen LogP contribution in [0.15, 0.2) is 18.2 Å². The van der Waals surface area contributed by atoms with Crippen LogP contribution in [0.5, 0.6) is 0 Å². The molecule has 0 aromatic heterocycles. The van der Waals surface area contributed by atoms with Crippen LogP contribution in [-0.4, -0.2) is 54.0 Å². The number of benzene rings is 1. The molecule has 7 heteroatoms. The summed E-state index contributed by atoms with van der Waals surface area (Å²) >= 11 is 0. The molecule has 1 aromatic carbocycles. The first-order valence-electron chi connectivity index (χ1n) is 9.49. The SMILES string of the molecule is CC(C)N(C(=O)COC(=O)c1ccc2c(c1)NC(=O)[C@H]1CCCN21)C(C)C. The molecule has 0 bridgehead atoms. The van der Waals surface area contributed by atoms with E-state index in [1.165, 1.54) is 0 Å². The zero-order valence-corrected chi connectivity index (χ0v) is 16.3. The summed E-state index contributed by atoms with van der Waals surface area (Å²) < 4.78 is 5.22. The van der Waals surface area contributed by atoms with Gasteiger partial charge < -0.3 is 19.9 Å². The quantitative estimate of drug-likeness (QED) is 0.802. The van der Waals surface area contributed by atoms with Gasteiger partial charge in [0, 0.05) is 18.6 Å². The molecule has 2 aliphatic heterocycles. The van der Waals surface area contributed by atoms with Crippen molar-refractivity contribution in [3.05, 3.63) is 23.8 Å². The molecule has 2 aliphatic rings. The Bertz CT molecular complexity index is 752. The zero-order chi connectivity index (χ0) is 19.7. The fourth-order valence-corrected chi connectivity index (χ4v) is 4.01. The van der Waals surface area contributed by atoms with Crippen LogP contribution in [0.2, 0.25) is 0 Å². The van der Waals surface area contributed by atoms with Gasteiger partial charge in [-0.25, -0.2) is 4.79 Å². The third kappa shape index (κ3) is 3.77. The number of hydrogen-bond donors (Lipinski definition) is 1. The van der Waals surface area contributed by atoms with Gasteiger partial charge in [0.25, 0.3) is 5.91 Å². The van der Waals surface area contributed by atoms with E-state index in [4.69, 9.17) is 4.74 Å². The summed E-state index contributed by atoms with van der Waals surface area (Å²) in [4.78, 5) is 40.7. The Morgan fingerprint density at radius 3 is 2.63 bits per heavy atom. The fourth-order valence-electron chi connectivity index (χ4n) is 4.01. The Balaban J connectivity index is 1.69. The average molecular weight is 373 g/mol. The fraction of sp³-hybridized carbons (Fsp3) is 0.550. The number of hydrogen-bond acceptors (Lipinski definition) is 5. The highest BCUT2D eigenvalue weighted by molar-refractivity contribution is 6.05. The second kappa shape index (κ2) is 7.58. The molecule has 7 nitrogen and oxygen atoms in total. The molecular formula is C20H27N3O4. The van der Waals surface area contributed by atoms with Gasteiger partial charge in [-0.2, -0.15) is 0 Å². The predicted octanol–water partition coefficient (Wildman–Crippen LogP) is 2.41. The van der Waals surface area contributed by atoms with Crippen LogP contribution < -0.4 is 10.2 Å². The number of esters is 1. The maximum absolute atomic E-state index is 12.4. The Morgan fingerprint density at radius 2 is 1.96 bits per heavy atom. The molecule has 0 spiro atoms. The molecule has 1 N–H and O–H groups in total. The highest BCUT2D eigenvalue weighted by Gasteiger charge is 2.36. The van der Waals surface area contributed by atoms with Gasteiger partial charge in [0.1, 0.15) is 6.04 Å². The van der Waals surface area contributed by atoms with Crippen molar-refractivity contribution >= 4 is 29.2 Å². The third-order valence-electron chi connectivity index (χ3n) is 5.08. The van der Waals surface area contributed by atoms with Crippen LogP contribution in [0.25, 0.3) is 0 Å². The first-order chi connectivity index (χ1) is 12.8. The molecule has 1 aromatic rings. The highest BCUT2D eigenvalue weighted by Crippen LogP contribution is 2.37. The van der Waals surface area contributed by atoms with Crippen molar-refractivity contribution in [2.75, 3.05) is 23.4 Å². The Labute approximate surface area is 159 Å². The maximum Gasteiger partial charge on any atom is 0.338 e. The first-order valence-corrected chi connectivity index (χ1v) is 9.49. The summed E-state index contributed by atoms with van der Waals surface area (Å²) in [5.74, 6) is -0.832. The van der Waals surface area contributed by atoms with Crippen molar-refractivity contribution in [2.24, 2.45) is 0 Å². The smallest absolute Gasteiger partial charge is 0.338 e. The van der Waals surface area contributed by atoms with Gasteiger partial charge in [0.15, 0.2) is 6.61 Å². The zero-order valence-electron chi connectivity index (χ0n) is 16.3. The molecule has 27 heavy (non-hydrogen) atoms. The van der Waals surface area contributed by atoms with E-state index in [2.05, 4.69) is 10.2 Å². The molecule has 1 fully saturated rings. The molecule has 146 valence electrons. The van der Waals surface area contributed by atoms with Crippen molar-refractivity contribution in [3.8, 4) is 0 Å². The highest BCUT2D eigenvalue weighted by atomic mass is 16.5. The van der Waals surface area contributed by atoms with Gasteiger partial charge >= 0.3 is 5.97 Å². The van der Waals surface area contributed by atoms with Gasteiger partial charge in [0.05, 0.1) is 16.9 Å². The van der Waals surface area contributed by atoms with Crippen LogP contribution in [-0.2, 0) is 14.3 Å². The molecule has 1 saturated heterocycles. The van der Waals surface area contributed by atoms with E-state index in [-0.39, 0.29) is 36.5 Å². The Hall–Kier alpha value is -2.57. The van der Waals surface area contributed by atoms with Crippen molar-refractivity contribution in [2.45, 2.75) is 58.7 Å². The van der Waals surface area contributed by atoms with Gasteiger partial charge in [-0.15, -0.1) is 0 Å². The predicted molar refractivity (Wildman–Crippen MR) is 103 cm³/mol. The van der Waals surface area contributed by atoms with Crippen molar-refractivity contribution < 1.29 is 19.1 Å². The van der Waals surface area contributed by atoms with Gasteiger partial charge in [-0.3, -0.25) is 9.59 Å². The number of carbonyl (C=O) groups excluding carboxylic acids is 3. The topological polar surface area (TPSA) is 79.0 Å². The van der Waals surface area contributed by atoms with Crippen molar-refractivity contribution in [1.82, 2.24) is 4.90 Å². The first kappa shape index (κ1) is 19.2. The van der Waals surface area contributed by atoms with E-state index in [9.17, 15) is 14.4 Å². The third-order valence-corrected chi connectivity index (χ3v) is 5.08. The molecule has 0 aliphatic carbocycles. The second-order valence-electron chi connectivity index (χ2n) is 7.64. The summed E-state index contributed by atoms with van der Waals surface area (Å²) in [7, 11) is 0. The molecule has 3 rings (SSSR count). The minimum atomic E-state index is -0.573. The van der Waals surface area contributed by atoms with E-state index in [1.54, 1.807) is 17.0 Å². The van der Waals surface area contributed by atoms with E-state index < -0.39 is 5.97 Å². The Kier molecular flexibility index (Phi) is 5.39. The summed E-state index contributed by atoms with van der Waals surface area (Å²) in [6.07, 6.45) is 1.82. The molecule has 0 radical (unpaired) electrons. The van der Waals surface area contributed by atoms with E-state index in [0.29, 0.717) is 11.3 Å². The standard InChI is InChI=1S/C20H27N3O4/c1-12(2)23(13(3)4)18(24)11-27-20(26)14-7-8-16-15(10-14)21-19(25)17-6-5-9-22(16)17/h7-8,10,12-13,17H,5-6,9,11H2,1-4H3,(H,21,25)/t17-/m1/s1. The minimum Gasteiger partial charge on any atom is -0.452 e. The molecule has 2 heterocycles. The molecular weight excluding hydrogens is 346 g/mol. The number of anilines is 2. The van der Waals surface area contributed by atoms with Crippen LogP contribution in [0, 0.1) is 0 Å². The maximum atomic E-state index is 12.4. The molecule has 2 amide bonds. The second-order valence-corrected chi connectivity index (χ2v) is 7.64. The normalized spacial score (nSPS) is 18.2. The van der Waals surface area contributed by atoms with Crippen LogP contribution >= 0.6 is 0 Å². The number of ether oxygens (including phenoxy) is 1. The van der Waals surface area contributed by atoms with Crippen molar-refractivity contribution in [3.63, 3.8) is 0 Å². The number of nitrogens with one attached hydrogen (secondary N) is 1. The lowest BCUT2D eigenvalue weighted by Crippen LogP contribution is -2.44. The van der Waals surface area contributed by atoms with E-state index in [1.807, 2.05) is 33.8 Å². The number of nitrogens with zero attached hydrogens (tertiary/aromatic N) is 2. The van der Waals surface area contributed by atoms with Crippen molar-refractivity contribution in [1.29, 1.82) is 0 Å². The van der Waals surface area contributed by atoms with Gasteiger partial charge in [-0.1, -0.05) is 0 Å². The number of amides is 2. The number of fused-ring (bicyclic) bond motifs is 3. The lowest BCUT2D eigenvalue weighted by Gasteiger charge is -2.33. The van der Waals surface area contributed by atoms with E-state index in [0.717, 1.165) is 25.1 Å². The van der Waals surface area contributed by atoms with Crippen LogP contribution in [0.3, 0.4) is 0 Å². The largest absolute Gasteiger partial charge is 0.452 e. The monoisotopic (exact) mass is 373 g/mol. The van der Waals surface area contributed by atoms with Gasteiger partial charge in [0.2, 0.25) is 5.91 Å². The molecule has 0 saturated carbocycles. The summed E-state index contributed by atoms with van der Waals surface area (Å²) in [5, 5.41) is 2.88. The summed E-state index contributed by atoms with van der Waals surface area (Å²) in [5.41, 5.74) is 1.86. The lowest BCUT2D eigenvalue weighted by molar-refractivity contribution is -0.138. The van der Waals surface area contributed by atoms with Crippen LogP contribution in [0.1, 0.15) is 50.9 Å². The van der Waals surface area contributed by atoms with E-state index >= 15 is 0 Å². The summed E-state index contributed by atoms with van der Waals surface area (Å²) in [6, 6.07) is 5.08. The minimum absolute atomic E-state index is 0.0311. The average Bonchev–Trinajstić information content (AvgIpc) is 3.09. The van der Waals surface area contributed by atoms with Crippen LogP contribution in [0.4, 0.5) is 11.4 Å². The molecule has 0 unspecified atom stereocenters.